The van der Waals surface area contributed by atoms with Crippen LogP contribution in [0.1, 0.15) is 31.7 Å². The van der Waals surface area contributed by atoms with Gasteiger partial charge in [-0.05, 0) is 45.5 Å². The Morgan fingerprint density at radius 1 is 1.50 bits per heavy atom. The van der Waals surface area contributed by atoms with Gasteiger partial charge in [-0.25, -0.2) is 0 Å². The number of carbonyl (C=O) groups excluding carboxylic acids is 1. The fourth-order valence-electron chi connectivity index (χ4n) is 2.22. The molecule has 0 saturated carbocycles. The molecule has 0 N–H and O–H groups in total. The number of hydrogen-bond acceptors (Lipinski definition) is 1. The maximum atomic E-state index is 12.0. The summed E-state index contributed by atoms with van der Waals surface area (Å²) in [5.74, 6) is 1.47. The third-order valence-electron chi connectivity index (χ3n) is 3.35. The minimum absolute atomic E-state index is 0.165. The van der Waals surface area contributed by atoms with Crippen LogP contribution >= 0.6 is 27.5 Å². The van der Waals surface area contributed by atoms with Crippen LogP contribution in [-0.2, 0) is 4.79 Å². The average Bonchev–Trinajstić information content (AvgIpc) is 2.70. The van der Waals surface area contributed by atoms with E-state index >= 15 is 0 Å². The normalized spacial score (nSPS) is 19.9. The highest BCUT2D eigenvalue weighted by Crippen LogP contribution is 2.33. The molecule has 4 heteroatoms. The van der Waals surface area contributed by atoms with Crippen molar-refractivity contribution in [1.29, 1.82) is 0 Å². The first kappa shape index (κ1) is 13.9. The van der Waals surface area contributed by atoms with Crippen molar-refractivity contribution in [3.63, 3.8) is 0 Å². The van der Waals surface area contributed by atoms with Crippen molar-refractivity contribution < 1.29 is 4.79 Å². The van der Waals surface area contributed by atoms with E-state index in [0.717, 1.165) is 16.7 Å². The molecule has 18 heavy (non-hydrogen) atoms. The van der Waals surface area contributed by atoms with Gasteiger partial charge in [-0.1, -0.05) is 19.9 Å². The molecule has 1 aliphatic rings. The van der Waals surface area contributed by atoms with Crippen molar-refractivity contribution in [2.45, 2.75) is 26.2 Å². The van der Waals surface area contributed by atoms with E-state index in [2.05, 4.69) is 41.9 Å². The predicted octanol–water partition coefficient (Wildman–Crippen LogP) is 4.16. The van der Waals surface area contributed by atoms with Crippen LogP contribution in [-0.4, -0.2) is 18.3 Å². The Balaban J connectivity index is 2.26. The molecule has 1 aromatic carbocycles. The van der Waals surface area contributed by atoms with Gasteiger partial charge in [0.25, 0.3) is 0 Å². The molecule has 1 amide bonds. The highest BCUT2D eigenvalue weighted by molar-refractivity contribution is 9.10. The molecule has 1 aromatic rings. The highest BCUT2D eigenvalue weighted by Gasteiger charge is 2.30. The summed E-state index contributed by atoms with van der Waals surface area (Å²) in [5.41, 5.74) is 2.23. The minimum atomic E-state index is 0.165. The zero-order chi connectivity index (χ0) is 13.3. The molecule has 1 aliphatic heterocycles. The van der Waals surface area contributed by atoms with Crippen molar-refractivity contribution in [2.24, 2.45) is 5.92 Å². The molecular formula is C14H17BrClNO. The van der Waals surface area contributed by atoms with Gasteiger partial charge < -0.3 is 4.90 Å². The van der Waals surface area contributed by atoms with Crippen LogP contribution in [0.4, 0.5) is 5.69 Å². The summed E-state index contributed by atoms with van der Waals surface area (Å²) >= 11 is 9.41. The Bertz CT molecular complexity index is 461. The van der Waals surface area contributed by atoms with Gasteiger partial charge in [-0.15, -0.1) is 11.6 Å². The van der Waals surface area contributed by atoms with E-state index in [-0.39, 0.29) is 11.8 Å². The SMILES string of the molecule is CC(C)c1ccc(N2CC(CCl)CC2=O)c(Br)c1. The Labute approximate surface area is 121 Å². The number of alkyl halides is 1. The highest BCUT2D eigenvalue weighted by atomic mass is 79.9. The van der Waals surface area contributed by atoms with Gasteiger partial charge in [0.05, 0.1) is 5.69 Å². The van der Waals surface area contributed by atoms with E-state index < -0.39 is 0 Å². The minimum Gasteiger partial charge on any atom is -0.311 e. The number of carbonyl (C=O) groups is 1. The number of rotatable bonds is 3. The van der Waals surface area contributed by atoms with Crippen LogP contribution in [0.15, 0.2) is 22.7 Å². The summed E-state index contributed by atoms with van der Waals surface area (Å²) in [6.45, 7) is 5.04. The van der Waals surface area contributed by atoms with E-state index in [9.17, 15) is 4.79 Å². The number of benzene rings is 1. The van der Waals surface area contributed by atoms with E-state index in [0.29, 0.717) is 18.2 Å². The van der Waals surface area contributed by atoms with Crippen molar-refractivity contribution in [1.82, 2.24) is 0 Å². The molecule has 1 saturated heterocycles. The van der Waals surface area contributed by atoms with E-state index in [1.54, 1.807) is 0 Å². The molecule has 1 atom stereocenters. The Hall–Kier alpha value is -0.540. The lowest BCUT2D eigenvalue weighted by molar-refractivity contribution is -0.117. The molecule has 0 aromatic heterocycles. The first-order valence-corrected chi connectivity index (χ1v) is 7.51. The number of halogens is 2. The first-order valence-electron chi connectivity index (χ1n) is 6.18. The smallest absolute Gasteiger partial charge is 0.227 e. The molecule has 0 spiro atoms. The fourth-order valence-corrected chi connectivity index (χ4v) is 3.04. The summed E-state index contributed by atoms with van der Waals surface area (Å²) in [7, 11) is 0. The summed E-state index contributed by atoms with van der Waals surface area (Å²) in [4.78, 5) is 13.8. The quantitative estimate of drug-likeness (QED) is 0.762. The van der Waals surface area contributed by atoms with Gasteiger partial charge in [0.2, 0.25) is 5.91 Å². The van der Waals surface area contributed by atoms with Crippen LogP contribution in [0.3, 0.4) is 0 Å². The van der Waals surface area contributed by atoms with Crippen molar-refractivity contribution >= 4 is 39.1 Å². The summed E-state index contributed by atoms with van der Waals surface area (Å²) in [6.07, 6.45) is 0.557. The molecule has 0 bridgehead atoms. The lowest BCUT2D eigenvalue weighted by atomic mass is 10.0. The number of amides is 1. The number of hydrogen-bond donors (Lipinski definition) is 0. The second-order valence-electron chi connectivity index (χ2n) is 5.09. The van der Waals surface area contributed by atoms with Gasteiger partial charge >= 0.3 is 0 Å². The van der Waals surface area contributed by atoms with Crippen LogP contribution in [0.5, 0.6) is 0 Å². The van der Waals surface area contributed by atoms with Gasteiger partial charge in [0.15, 0.2) is 0 Å². The zero-order valence-electron chi connectivity index (χ0n) is 10.6. The zero-order valence-corrected chi connectivity index (χ0v) is 13.0. The third-order valence-corrected chi connectivity index (χ3v) is 4.42. The van der Waals surface area contributed by atoms with Crippen molar-refractivity contribution in [3.8, 4) is 0 Å². The molecule has 98 valence electrons. The number of anilines is 1. The molecule has 2 rings (SSSR count). The molecular weight excluding hydrogens is 314 g/mol. The van der Waals surface area contributed by atoms with Crippen LogP contribution < -0.4 is 4.90 Å². The monoisotopic (exact) mass is 329 g/mol. The Kier molecular flexibility index (Phi) is 4.33. The summed E-state index contributed by atoms with van der Waals surface area (Å²) in [5, 5.41) is 0. The van der Waals surface area contributed by atoms with Gasteiger partial charge in [-0.3, -0.25) is 4.79 Å². The first-order chi connectivity index (χ1) is 8.52. The number of nitrogens with zero attached hydrogens (tertiary/aromatic N) is 1. The Morgan fingerprint density at radius 2 is 2.22 bits per heavy atom. The van der Waals surface area contributed by atoms with Crippen molar-refractivity contribution in [2.75, 3.05) is 17.3 Å². The molecule has 1 fully saturated rings. The van der Waals surface area contributed by atoms with Crippen molar-refractivity contribution in [3.05, 3.63) is 28.2 Å². The average molecular weight is 331 g/mol. The van der Waals surface area contributed by atoms with Crippen LogP contribution in [0, 0.1) is 5.92 Å². The van der Waals surface area contributed by atoms with Crippen LogP contribution in [0.25, 0.3) is 0 Å². The van der Waals surface area contributed by atoms with E-state index in [1.807, 2.05) is 11.0 Å². The van der Waals surface area contributed by atoms with Gasteiger partial charge in [-0.2, -0.15) is 0 Å². The second-order valence-corrected chi connectivity index (χ2v) is 6.26. The third kappa shape index (κ3) is 2.72. The molecule has 0 radical (unpaired) electrons. The molecule has 1 unspecified atom stereocenters. The van der Waals surface area contributed by atoms with Gasteiger partial charge in [0.1, 0.15) is 0 Å². The van der Waals surface area contributed by atoms with Gasteiger partial charge in [0, 0.05) is 23.3 Å². The fraction of sp³-hybridized carbons (Fsp3) is 0.500. The molecule has 1 heterocycles. The second kappa shape index (κ2) is 5.62. The molecule has 2 nitrogen and oxygen atoms in total. The maximum absolute atomic E-state index is 12.0. The lowest BCUT2D eigenvalue weighted by Gasteiger charge is -2.19. The Morgan fingerprint density at radius 3 is 2.72 bits per heavy atom. The lowest BCUT2D eigenvalue weighted by Crippen LogP contribution is -2.25. The van der Waals surface area contributed by atoms with Crippen LogP contribution in [0.2, 0.25) is 0 Å². The van der Waals surface area contributed by atoms with E-state index in [4.69, 9.17) is 11.6 Å². The van der Waals surface area contributed by atoms with E-state index in [1.165, 1.54) is 5.56 Å². The summed E-state index contributed by atoms with van der Waals surface area (Å²) < 4.78 is 0.984. The molecule has 0 aliphatic carbocycles. The summed E-state index contributed by atoms with van der Waals surface area (Å²) in [6, 6.07) is 6.21. The largest absolute Gasteiger partial charge is 0.311 e. The maximum Gasteiger partial charge on any atom is 0.227 e. The predicted molar refractivity (Wildman–Crippen MR) is 79.4 cm³/mol. The topological polar surface area (TPSA) is 20.3 Å². The standard InChI is InChI=1S/C14H17BrClNO/c1-9(2)11-3-4-13(12(15)6-11)17-8-10(7-16)5-14(17)18/h3-4,6,9-10H,5,7-8H2,1-2H3.